The first kappa shape index (κ1) is 24.2. The topological polar surface area (TPSA) is 59.9 Å². The maximum absolute atomic E-state index is 9.56. The molecule has 154 valence electrons. The lowest BCUT2D eigenvalue weighted by atomic mass is 10.1. The summed E-state index contributed by atoms with van der Waals surface area (Å²) in [4.78, 5) is 7.13. The number of likely N-dealkylation sites (tertiary alicyclic amines) is 1. The molecule has 1 aliphatic heterocycles. The van der Waals surface area contributed by atoms with Crippen LogP contribution in [0.3, 0.4) is 0 Å². The largest absolute Gasteiger partial charge is 0.393 e. The first-order valence-corrected chi connectivity index (χ1v) is 10.1. The summed E-state index contributed by atoms with van der Waals surface area (Å²) in [6.45, 7) is 12.1. The first-order chi connectivity index (χ1) is 12.6. The van der Waals surface area contributed by atoms with Crippen LogP contribution < -0.4 is 10.6 Å². The standard InChI is InChI=1S/C21H36N4O.HI/c1-4-22-21(23-9-5-11-25-12-7-20(26)8-13-25)24-10-6-19-15-17(2)14-18(3)16-19;/h14-16,20,26H,4-13H2,1-3H3,(H2,22,23,24);1H. The molecule has 0 saturated carbocycles. The number of piperidine rings is 1. The molecule has 0 unspecified atom stereocenters. The van der Waals surface area contributed by atoms with Crippen molar-refractivity contribution in [1.29, 1.82) is 0 Å². The minimum Gasteiger partial charge on any atom is -0.393 e. The van der Waals surface area contributed by atoms with Gasteiger partial charge in [0.15, 0.2) is 5.96 Å². The quantitative estimate of drug-likeness (QED) is 0.228. The van der Waals surface area contributed by atoms with Crippen LogP contribution in [0.1, 0.15) is 42.9 Å². The zero-order valence-electron chi connectivity index (χ0n) is 17.1. The number of aliphatic imine (C=N–C) groups is 1. The number of nitrogens with zero attached hydrogens (tertiary/aromatic N) is 2. The third kappa shape index (κ3) is 9.76. The van der Waals surface area contributed by atoms with Crippen molar-refractivity contribution in [3.63, 3.8) is 0 Å². The normalized spacial score (nSPS) is 16.1. The van der Waals surface area contributed by atoms with E-state index < -0.39 is 0 Å². The van der Waals surface area contributed by atoms with Crippen molar-refractivity contribution in [3.05, 3.63) is 34.9 Å². The molecule has 1 aromatic rings. The zero-order chi connectivity index (χ0) is 18.8. The monoisotopic (exact) mass is 488 g/mol. The molecule has 6 heteroatoms. The number of hydrogen-bond donors (Lipinski definition) is 3. The molecule has 0 atom stereocenters. The van der Waals surface area contributed by atoms with Gasteiger partial charge in [-0.3, -0.25) is 4.99 Å². The molecule has 1 aliphatic rings. The van der Waals surface area contributed by atoms with E-state index in [4.69, 9.17) is 4.99 Å². The summed E-state index contributed by atoms with van der Waals surface area (Å²) in [6.07, 6.45) is 3.79. The van der Waals surface area contributed by atoms with Crippen molar-refractivity contribution < 1.29 is 5.11 Å². The number of nitrogens with one attached hydrogen (secondary N) is 2. The molecule has 0 bridgehead atoms. The van der Waals surface area contributed by atoms with Gasteiger partial charge in [0.25, 0.3) is 0 Å². The molecule has 2 rings (SSSR count). The number of guanidine groups is 1. The Bertz CT molecular complexity index is 551. The zero-order valence-corrected chi connectivity index (χ0v) is 19.5. The van der Waals surface area contributed by atoms with Crippen molar-refractivity contribution in [3.8, 4) is 0 Å². The summed E-state index contributed by atoms with van der Waals surface area (Å²) in [5, 5.41) is 16.3. The maximum Gasteiger partial charge on any atom is 0.191 e. The van der Waals surface area contributed by atoms with Crippen LogP contribution >= 0.6 is 24.0 Å². The summed E-state index contributed by atoms with van der Waals surface area (Å²) < 4.78 is 0. The summed E-state index contributed by atoms with van der Waals surface area (Å²) in [7, 11) is 0. The highest BCUT2D eigenvalue weighted by Gasteiger charge is 2.15. The van der Waals surface area contributed by atoms with E-state index in [0.29, 0.717) is 0 Å². The van der Waals surface area contributed by atoms with Gasteiger partial charge in [0.05, 0.1) is 6.10 Å². The van der Waals surface area contributed by atoms with Gasteiger partial charge in [-0.25, -0.2) is 0 Å². The lowest BCUT2D eigenvalue weighted by molar-refractivity contribution is 0.0824. The Morgan fingerprint density at radius 3 is 2.44 bits per heavy atom. The highest BCUT2D eigenvalue weighted by atomic mass is 127. The molecule has 0 aliphatic carbocycles. The summed E-state index contributed by atoms with van der Waals surface area (Å²) in [5.74, 6) is 0.908. The third-order valence-electron chi connectivity index (χ3n) is 4.79. The van der Waals surface area contributed by atoms with Crippen LogP contribution in [0.5, 0.6) is 0 Å². The summed E-state index contributed by atoms with van der Waals surface area (Å²) in [6, 6.07) is 6.73. The second kappa shape index (κ2) is 13.3. The van der Waals surface area contributed by atoms with Gasteiger partial charge in [0.2, 0.25) is 0 Å². The number of halogens is 1. The van der Waals surface area contributed by atoms with E-state index in [-0.39, 0.29) is 30.1 Å². The van der Waals surface area contributed by atoms with Gasteiger partial charge in [-0.15, -0.1) is 24.0 Å². The van der Waals surface area contributed by atoms with Crippen molar-refractivity contribution in [2.75, 3.05) is 39.3 Å². The number of hydrogen-bond acceptors (Lipinski definition) is 3. The number of aliphatic hydroxyl groups is 1. The minimum absolute atomic E-state index is 0. The van der Waals surface area contributed by atoms with Crippen LogP contribution in [0.4, 0.5) is 0 Å². The Balaban J connectivity index is 0.00000364. The minimum atomic E-state index is -0.0917. The average Bonchev–Trinajstić information content (AvgIpc) is 2.59. The van der Waals surface area contributed by atoms with Crippen LogP contribution in [0.2, 0.25) is 0 Å². The predicted molar refractivity (Wildman–Crippen MR) is 125 cm³/mol. The lowest BCUT2D eigenvalue weighted by Crippen LogP contribution is -2.39. The fraction of sp³-hybridized carbons (Fsp3) is 0.667. The van der Waals surface area contributed by atoms with E-state index >= 15 is 0 Å². The predicted octanol–water partition coefficient (Wildman–Crippen LogP) is 2.87. The van der Waals surface area contributed by atoms with Crippen molar-refractivity contribution in [2.24, 2.45) is 4.99 Å². The molecule has 0 radical (unpaired) electrons. The van der Waals surface area contributed by atoms with Crippen LogP contribution in [-0.4, -0.2) is 61.3 Å². The van der Waals surface area contributed by atoms with Gasteiger partial charge in [0, 0.05) is 32.7 Å². The Hall–Kier alpha value is -0.860. The summed E-state index contributed by atoms with van der Waals surface area (Å²) in [5.41, 5.74) is 4.02. The van der Waals surface area contributed by atoms with Gasteiger partial charge in [-0.2, -0.15) is 0 Å². The highest BCUT2D eigenvalue weighted by molar-refractivity contribution is 14.0. The molecule has 3 N–H and O–H groups in total. The molecule has 0 amide bonds. The Kier molecular flexibility index (Phi) is 11.9. The number of rotatable bonds is 8. The molecular weight excluding hydrogens is 451 g/mol. The van der Waals surface area contributed by atoms with Gasteiger partial charge < -0.3 is 20.6 Å². The maximum atomic E-state index is 9.56. The molecule has 1 heterocycles. The van der Waals surface area contributed by atoms with E-state index in [1.165, 1.54) is 16.7 Å². The number of aliphatic hydroxyl groups excluding tert-OH is 1. The number of benzene rings is 1. The first-order valence-electron chi connectivity index (χ1n) is 10.1. The SMILES string of the molecule is CCNC(=NCCCN1CCC(O)CC1)NCCc1cc(C)cc(C)c1.I. The number of aryl methyl sites for hydroxylation is 2. The molecule has 1 fully saturated rings. The van der Waals surface area contributed by atoms with Crippen molar-refractivity contribution >= 4 is 29.9 Å². The fourth-order valence-corrected chi connectivity index (χ4v) is 3.51. The molecule has 5 nitrogen and oxygen atoms in total. The molecule has 0 spiro atoms. The van der Waals surface area contributed by atoms with E-state index in [1.807, 2.05) is 0 Å². The third-order valence-corrected chi connectivity index (χ3v) is 4.79. The van der Waals surface area contributed by atoms with E-state index in [2.05, 4.69) is 54.5 Å². The van der Waals surface area contributed by atoms with Gasteiger partial charge >= 0.3 is 0 Å². The van der Waals surface area contributed by atoms with Crippen LogP contribution in [0, 0.1) is 13.8 Å². The molecule has 1 saturated heterocycles. The van der Waals surface area contributed by atoms with Gasteiger partial charge in [0.1, 0.15) is 0 Å². The lowest BCUT2D eigenvalue weighted by Gasteiger charge is -2.29. The second-order valence-corrected chi connectivity index (χ2v) is 7.36. The Morgan fingerprint density at radius 2 is 1.81 bits per heavy atom. The van der Waals surface area contributed by atoms with Crippen molar-refractivity contribution in [1.82, 2.24) is 15.5 Å². The Morgan fingerprint density at radius 1 is 1.15 bits per heavy atom. The van der Waals surface area contributed by atoms with Crippen molar-refractivity contribution in [2.45, 2.75) is 52.6 Å². The fourth-order valence-electron chi connectivity index (χ4n) is 3.51. The van der Waals surface area contributed by atoms with Gasteiger partial charge in [-0.05, 0) is 58.6 Å². The van der Waals surface area contributed by atoms with Gasteiger partial charge in [-0.1, -0.05) is 29.3 Å². The second-order valence-electron chi connectivity index (χ2n) is 7.36. The molecular formula is C21H37IN4O. The highest BCUT2D eigenvalue weighted by Crippen LogP contribution is 2.10. The van der Waals surface area contributed by atoms with E-state index in [9.17, 15) is 5.11 Å². The van der Waals surface area contributed by atoms with Crippen LogP contribution in [-0.2, 0) is 6.42 Å². The summed E-state index contributed by atoms with van der Waals surface area (Å²) >= 11 is 0. The molecule has 1 aromatic carbocycles. The van der Waals surface area contributed by atoms with E-state index in [0.717, 1.165) is 70.9 Å². The molecule has 0 aromatic heterocycles. The smallest absolute Gasteiger partial charge is 0.191 e. The Labute approximate surface area is 182 Å². The van der Waals surface area contributed by atoms with Crippen LogP contribution in [0.15, 0.2) is 23.2 Å². The molecule has 27 heavy (non-hydrogen) atoms. The van der Waals surface area contributed by atoms with E-state index in [1.54, 1.807) is 0 Å². The average molecular weight is 488 g/mol. The van der Waals surface area contributed by atoms with Crippen LogP contribution in [0.25, 0.3) is 0 Å².